The second-order valence-corrected chi connectivity index (χ2v) is 5.85. The van der Waals surface area contributed by atoms with Crippen LogP contribution < -0.4 is 5.32 Å². The molecule has 1 unspecified atom stereocenters. The smallest absolute Gasteiger partial charge is 0.249 e. The van der Waals surface area contributed by atoms with Crippen molar-refractivity contribution >= 4 is 21.8 Å². The summed E-state index contributed by atoms with van der Waals surface area (Å²) in [5.74, 6) is 0.120. The lowest BCUT2D eigenvalue weighted by atomic mass is 10.1. The molecule has 1 aromatic carbocycles. The minimum absolute atomic E-state index is 0.00900. The second kappa shape index (κ2) is 8.72. The van der Waals surface area contributed by atoms with Crippen LogP contribution in [0.25, 0.3) is 0 Å². The van der Waals surface area contributed by atoms with Gasteiger partial charge in [-0.25, -0.2) is 0 Å². The summed E-state index contributed by atoms with van der Waals surface area (Å²) in [5, 5.41) is 11.1. The highest BCUT2D eigenvalue weighted by Gasteiger charge is 2.20. The Morgan fingerprint density at radius 2 is 2.05 bits per heavy atom. The zero-order valence-corrected chi connectivity index (χ0v) is 13.3. The third kappa shape index (κ3) is 6.18. The molecule has 1 N–H and O–H groups in total. The minimum atomic E-state index is -0.521. The zero-order valence-electron chi connectivity index (χ0n) is 11.7. The van der Waals surface area contributed by atoms with E-state index in [1.807, 2.05) is 44.2 Å². The predicted octanol–water partition coefficient (Wildman–Crippen LogP) is 3.02. The van der Waals surface area contributed by atoms with Crippen molar-refractivity contribution < 1.29 is 9.53 Å². The van der Waals surface area contributed by atoms with Crippen molar-refractivity contribution in [2.24, 2.45) is 5.92 Å². The molecule has 0 saturated carbocycles. The van der Waals surface area contributed by atoms with E-state index in [1.165, 1.54) is 0 Å². The molecular weight excluding hydrogens is 320 g/mol. The SMILES string of the molecule is CC(C)CC(OCc1ccc(Br)cc1)C(=O)NCC#N. The van der Waals surface area contributed by atoms with Gasteiger partial charge in [0.1, 0.15) is 12.6 Å². The number of hydrogen-bond donors (Lipinski definition) is 1. The Morgan fingerprint density at radius 3 is 2.60 bits per heavy atom. The van der Waals surface area contributed by atoms with Gasteiger partial charge in [-0.3, -0.25) is 4.79 Å². The standard InChI is InChI=1S/C15H19BrN2O2/c1-11(2)9-14(15(19)18-8-7-17)20-10-12-3-5-13(16)6-4-12/h3-6,11,14H,8-10H2,1-2H3,(H,18,19). The Labute approximate surface area is 128 Å². The van der Waals surface area contributed by atoms with E-state index in [-0.39, 0.29) is 12.5 Å². The quantitative estimate of drug-likeness (QED) is 0.777. The molecule has 5 heteroatoms. The topological polar surface area (TPSA) is 62.1 Å². The number of amides is 1. The van der Waals surface area contributed by atoms with Crippen molar-refractivity contribution in [2.45, 2.75) is 33.0 Å². The summed E-state index contributed by atoms with van der Waals surface area (Å²) < 4.78 is 6.71. The molecule has 0 aliphatic carbocycles. The van der Waals surface area contributed by atoms with Gasteiger partial charge in [-0.15, -0.1) is 0 Å². The lowest BCUT2D eigenvalue weighted by Gasteiger charge is -2.18. The molecule has 0 aromatic heterocycles. The fourth-order valence-electron chi connectivity index (χ4n) is 1.70. The number of nitriles is 1. The van der Waals surface area contributed by atoms with Crippen molar-refractivity contribution in [3.63, 3.8) is 0 Å². The third-order valence-electron chi connectivity index (χ3n) is 2.68. The van der Waals surface area contributed by atoms with Crippen LogP contribution in [0.5, 0.6) is 0 Å². The van der Waals surface area contributed by atoms with Crippen LogP contribution >= 0.6 is 15.9 Å². The Hall–Kier alpha value is -1.38. The monoisotopic (exact) mass is 338 g/mol. The van der Waals surface area contributed by atoms with Gasteiger partial charge >= 0.3 is 0 Å². The molecule has 20 heavy (non-hydrogen) atoms. The van der Waals surface area contributed by atoms with Crippen molar-refractivity contribution in [1.82, 2.24) is 5.32 Å². The molecule has 4 nitrogen and oxygen atoms in total. The highest BCUT2D eigenvalue weighted by atomic mass is 79.9. The van der Waals surface area contributed by atoms with Crippen LogP contribution in [0.3, 0.4) is 0 Å². The van der Waals surface area contributed by atoms with E-state index in [4.69, 9.17) is 10.00 Å². The maximum Gasteiger partial charge on any atom is 0.249 e. The molecule has 1 amide bonds. The molecule has 0 radical (unpaired) electrons. The van der Waals surface area contributed by atoms with Crippen molar-refractivity contribution in [1.29, 1.82) is 5.26 Å². The first kappa shape index (κ1) is 16.7. The van der Waals surface area contributed by atoms with Gasteiger partial charge in [0.2, 0.25) is 5.91 Å². The van der Waals surface area contributed by atoms with Gasteiger partial charge in [-0.2, -0.15) is 5.26 Å². The maximum atomic E-state index is 11.9. The molecule has 1 aromatic rings. The van der Waals surface area contributed by atoms with E-state index >= 15 is 0 Å². The average molecular weight is 339 g/mol. The summed E-state index contributed by atoms with van der Waals surface area (Å²) in [6.45, 7) is 4.46. The normalized spacial score (nSPS) is 11.9. The number of benzene rings is 1. The number of carbonyl (C=O) groups is 1. The maximum absolute atomic E-state index is 11.9. The van der Waals surface area contributed by atoms with E-state index in [1.54, 1.807) is 0 Å². The van der Waals surface area contributed by atoms with E-state index in [2.05, 4.69) is 21.2 Å². The van der Waals surface area contributed by atoms with E-state index in [9.17, 15) is 4.79 Å². The molecule has 0 heterocycles. The van der Waals surface area contributed by atoms with Gasteiger partial charge in [0.15, 0.2) is 0 Å². The second-order valence-electron chi connectivity index (χ2n) is 4.93. The molecule has 1 atom stereocenters. The summed E-state index contributed by atoms with van der Waals surface area (Å²) in [6, 6.07) is 9.66. The Morgan fingerprint density at radius 1 is 1.40 bits per heavy atom. The summed E-state index contributed by atoms with van der Waals surface area (Å²) in [7, 11) is 0. The van der Waals surface area contributed by atoms with Gasteiger partial charge in [0.05, 0.1) is 12.7 Å². The molecule has 0 saturated heterocycles. The fourth-order valence-corrected chi connectivity index (χ4v) is 1.96. The predicted molar refractivity (Wildman–Crippen MR) is 80.8 cm³/mol. The van der Waals surface area contributed by atoms with Crippen LogP contribution in [0.1, 0.15) is 25.8 Å². The molecule has 108 valence electrons. The highest BCUT2D eigenvalue weighted by molar-refractivity contribution is 9.10. The van der Waals surface area contributed by atoms with Crippen LogP contribution in [0, 0.1) is 17.2 Å². The lowest BCUT2D eigenvalue weighted by Crippen LogP contribution is -2.37. The summed E-state index contributed by atoms with van der Waals surface area (Å²) in [4.78, 5) is 11.9. The Bertz CT molecular complexity index is 466. The van der Waals surface area contributed by atoms with Gasteiger partial charge in [-0.05, 0) is 30.0 Å². The van der Waals surface area contributed by atoms with Gasteiger partial charge in [-0.1, -0.05) is 41.9 Å². The molecule has 0 bridgehead atoms. The number of rotatable bonds is 7. The van der Waals surface area contributed by atoms with Crippen LogP contribution in [-0.2, 0) is 16.1 Å². The lowest BCUT2D eigenvalue weighted by molar-refractivity contribution is -0.134. The average Bonchev–Trinajstić information content (AvgIpc) is 2.42. The van der Waals surface area contributed by atoms with Crippen LogP contribution in [0.4, 0.5) is 0 Å². The van der Waals surface area contributed by atoms with Crippen molar-refractivity contribution in [3.8, 4) is 6.07 Å². The first-order valence-electron chi connectivity index (χ1n) is 6.53. The number of ether oxygens (including phenoxy) is 1. The fraction of sp³-hybridized carbons (Fsp3) is 0.467. The van der Waals surface area contributed by atoms with Crippen LogP contribution in [0.2, 0.25) is 0 Å². The highest BCUT2D eigenvalue weighted by Crippen LogP contribution is 2.14. The Balaban J connectivity index is 2.58. The summed E-state index contributed by atoms with van der Waals surface area (Å²) in [6.07, 6.45) is 0.111. The molecule has 0 spiro atoms. The number of nitrogens with one attached hydrogen (secondary N) is 1. The largest absolute Gasteiger partial charge is 0.364 e. The minimum Gasteiger partial charge on any atom is -0.364 e. The number of halogens is 1. The summed E-state index contributed by atoms with van der Waals surface area (Å²) >= 11 is 3.37. The van der Waals surface area contributed by atoms with E-state index in [0.29, 0.717) is 18.9 Å². The Kier molecular flexibility index (Phi) is 7.27. The first-order chi connectivity index (χ1) is 9.52. The van der Waals surface area contributed by atoms with Crippen LogP contribution in [0.15, 0.2) is 28.7 Å². The van der Waals surface area contributed by atoms with Crippen molar-refractivity contribution in [2.75, 3.05) is 6.54 Å². The number of nitrogens with zero attached hydrogens (tertiary/aromatic N) is 1. The van der Waals surface area contributed by atoms with E-state index < -0.39 is 6.10 Å². The molecule has 1 rings (SSSR count). The number of hydrogen-bond acceptors (Lipinski definition) is 3. The molecular formula is C15H19BrN2O2. The number of carbonyl (C=O) groups excluding carboxylic acids is 1. The van der Waals surface area contributed by atoms with Gasteiger partial charge in [0, 0.05) is 4.47 Å². The third-order valence-corrected chi connectivity index (χ3v) is 3.21. The van der Waals surface area contributed by atoms with Gasteiger partial charge in [0.25, 0.3) is 0 Å². The van der Waals surface area contributed by atoms with Crippen molar-refractivity contribution in [3.05, 3.63) is 34.3 Å². The molecule has 0 aliphatic rings. The molecule has 0 fully saturated rings. The van der Waals surface area contributed by atoms with E-state index in [0.717, 1.165) is 10.0 Å². The van der Waals surface area contributed by atoms with Gasteiger partial charge < -0.3 is 10.1 Å². The summed E-state index contributed by atoms with van der Waals surface area (Å²) in [5.41, 5.74) is 1.01. The van der Waals surface area contributed by atoms with Crippen LogP contribution in [-0.4, -0.2) is 18.6 Å². The zero-order chi connectivity index (χ0) is 15.0. The first-order valence-corrected chi connectivity index (χ1v) is 7.33. The molecule has 0 aliphatic heterocycles.